The van der Waals surface area contributed by atoms with Crippen molar-refractivity contribution in [2.45, 2.75) is 78.1 Å². The Bertz CT molecular complexity index is 1530. The second-order valence-corrected chi connectivity index (χ2v) is 12.2. The van der Waals surface area contributed by atoms with Crippen LogP contribution in [0, 0.1) is 18.3 Å². The van der Waals surface area contributed by atoms with Crippen molar-refractivity contribution < 1.29 is 33.8 Å². The van der Waals surface area contributed by atoms with E-state index in [1.54, 1.807) is 24.4 Å². The standard InChI is InChI=1S/C32H37BClN3O7/c1-20-23(7-6-8-26(20)33-43-31(2,3)32(4,5)44-33)19-42-29-12-28(41-18-22-9-21(13-35)14-36-15-22)24(10-27(29)34)16-37-17-25(38)11-30(39)40/h6-10,12,14-15,25,37-38H,11,16-19H2,1-5H3,(H,39,40)/t25-/m0/s1. The van der Waals surface area contributed by atoms with Gasteiger partial charge in [-0.3, -0.25) is 9.78 Å². The molecule has 2 aromatic carbocycles. The van der Waals surface area contributed by atoms with Crippen LogP contribution in [0.3, 0.4) is 0 Å². The van der Waals surface area contributed by atoms with Gasteiger partial charge in [0.25, 0.3) is 0 Å². The van der Waals surface area contributed by atoms with E-state index in [1.807, 2.05) is 52.8 Å². The molecule has 3 N–H and O–H groups in total. The van der Waals surface area contributed by atoms with Crippen molar-refractivity contribution in [1.82, 2.24) is 10.3 Å². The quantitative estimate of drug-likeness (QED) is 0.236. The molecule has 1 fully saturated rings. The summed E-state index contributed by atoms with van der Waals surface area (Å²) in [7, 11) is -0.502. The number of nitriles is 1. The van der Waals surface area contributed by atoms with Gasteiger partial charge in [-0.25, -0.2) is 0 Å². The first-order valence-corrected chi connectivity index (χ1v) is 14.6. The topological polar surface area (TPSA) is 143 Å². The van der Waals surface area contributed by atoms with Crippen LogP contribution in [0.2, 0.25) is 5.02 Å². The number of benzene rings is 2. The Balaban J connectivity index is 1.53. The molecule has 0 aliphatic carbocycles. The van der Waals surface area contributed by atoms with Crippen LogP contribution < -0.4 is 20.3 Å². The van der Waals surface area contributed by atoms with Crippen LogP contribution in [0.15, 0.2) is 48.8 Å². The number of aliphatic hydroxyl groups excluding tert-OH is 1. The zero-order valence-electron chi connectivity index (χ0n) is 25.5. The van der Waals surface area contributed by atoms with Crippen LogP contribution >= 0.6 is 11.6 Å². The highest BCUT2D eigenvalue weighted by Gasteiger charge is 2.52. The van der Waals surface area contributed by atoms with Gasteiger partial charge in [-0.05, 0) is 63.3 Å². The van der Waals surface area contributed by atoms with E-state index in [4.69, 9.17) is 35.5 Å². The van der Waals surface area contributed by atoms with Gasteiger partial charge in [0.2, 0.25) is 0 Å². The minimum Gasteiger partial charge on any atom is -0.488 e. The van der Waals surface area contributed by atoms with Crippen LogP contribution in [0.5, 0.6) is 11.5 Å². The number of aromatic nitrogens is 1. The number of rotatable bonds is 13. The van der Waals surface area contributed by atoms with Crippen molar-refractivity contribution in [3.8, 4) is 17.6 Å². The number of aliphatic carboxylic acids is 1. The maximum absolute atomic E-state index is 10.9. The highest BCUT2D eigenvalue weighted by atomic mass is 35.5. The van der Waals surface area contributed by atoms with Gasteiger partial charge in [-0.15, -0.1) is 0 Å². The van der Waals surface area contributed by atoms with E-state index < -0.39 is 30.4 Å². The molecule has 1 saturated heterocycles. The first-order chi connectivity index (χ1) is 20.8. The fourth-order valence-electron chi connectivity index (χ4n) is 4.64. The summed E-state index contributed by atoms with van der Waals surface area (Å²) in [4.78, 5) is 15.0. The third-order valence-corrected chi connectivity index (χ3v) is 8.21. The van der Waals surface area contributed by atoms with E-state index >= 15 is 0 Å². The Hall–Kier alpha value is -3.66. The van der Waals surface area contributed by atoms with E-state index in [-0.39, 0.29) is 32.7 Å². The fraction of sp³-hybridized carbons (Fsp3) is 0.406. The van der Waals surface area contributed by atoms with Gasteiger partial charge < -0.3 is 34.3 Å². The lowest BCUT2D eigenvalue weighted by atomic mass is 9.75. The van der Waals surface area contributed by atoms with Crippen molar-refractivity contribution >= 4 is 30.2 Å². The van der Waals surface area contributed by atoms with Gasteiger partial charge >= 0.3 is 13.1 Å². The van der Waals surface area contributed by atoms with Crippen LogP contribution in [0.1, 0.15) is 61.9 Å². The third-order valence-electron chi connectivity index (χ3n) is 7.92. The third kappa shape index (κ3) is 8.08. The molecule has 0 radical (unpaired) electrons. The summed E-state index contributed by atoms with van der Waals surface area (Å²) in [5, 5.41) is 31.5. The average Bonchev–Trinajstić information content (AvgIpc) is 3.18. The lowest BCUT2D eigenvalue weighted by molar-refractivity contribution is -0.139. The molecule has 0 unspecified atom stereocenters. The molecular formula is C32H37BClN3O7. The predicted molar refractivity (Wildman–Crippen MR) is 166 cm³/mol. The smallest absolute Gasteiger partial charge is 0.488 e. The number of carbonyl (C=O) groups is 1. The minimum absolute atomic E-state index is 0.0636. The van der Waals surface area contributed by atoms with Crippen molar-refractivity contribution in [3.63, 3.8) is 0 Å². The van der Waals surface area contributed by atoms with Crippen LogP contribution in [-0.4, -0.2) is 52.1 Å². The highest BCUT2D eigenvalue weighted by Crippen LogP contribution is 2.37. The monoisotopic (exact) mass is 621 g/mol. The number of aliphatic hydroxyl groups is 1. The molecule has 3 aromatic rings. The van der Waals surface area contributed by atoms with Gasteiger partial charge in [-0.1, -0.05) is 29.8 Å². The summed E-state index contributed by atoms with van der Waals surface area (Å²) >= 11 is 6.65. The number of halogens is 1. The van der Waals surface area contributed by atoms with E-state index in [0.29, 0.717) is 33.2 Å². The highest BCUT2D eigenvalue weighted by molar-refractivity contribution is 6.62. The molecule has 1 aromatic heterocycles. The van der Waals surface area contributed by atoms with Crippen molar-refractivity contribution in [2.75, 3.05) is 6.54 Å². The predicted octanol–water partition coefficient (Wildman–Crippen LogP) is 4.30. The molecule has 10 nitrogen and oxygen atoms in total. The Morgan fingerprint density at radius 3 is 2.48 bits per heavy atom. The van der Waals surface area contributed by atoms with Gasteiger partial charge in [0.15, 0.2) is 0 Å². The molecule has 2 heterocycles. The number of carboxylic acids is 1. The normalized spacial score (nSPS) is 15.9. The molecular weight excluding hydrogens is 585 g/mol. The second-order valence-electron chi connectivity index (χ2n) is 11.8. The Morgan fingerprint density at radius 1 is 1.09 bits per heavy atom. The average molecular weight is 622 g/mol. The maximum atomic E-state index is 10.9. The summed E-state index contributed by atoms with van der Waals surface area (Å²) in [5.41, 5.74) is 3.73. The number of nitrogens with one attached hydrogen (secondary N) is 1. The number of hydrogen-bond acceptors (Lipinski definition) is 9. The summed E-state index contributed by atoms with van der Waals surface area (Å²) in [6.07, 6.45) is 1.66. The fourth-order valence-corrected chi connectivity index (χ4v) is 4.88. The molecule has 12 heteroatoms. The largest absolute Gasteiger partial charge is 0.495 e. The number of pyridine rings is 1. The van der Waals surface area contributed by atoms with E-state index in [9.17, 15) is 15.2 Å². The van der Waals surface area contributed by atoms with E-state index in [1.165, 1.54) is 6.20 Å². The molecule has 0 spiro atoms. The molecule has 0 amide bonds. The van der Waals surface area contributed by atoms with Gasteiger partial charge in [0, 0.05) is 42.7 Å². The first-order valence-electron chi connectivity index (χ1n) is 14.3. The molecule has 1 atom stereocenters. The summed E-state index contributed by atoms with van der Waals surface area (Å²) in [6.45, 7) is 10.8. The summed E-state index contributed by atoms with van der Waals surface area (Å²) in [6, 6.07) is 13.1. The molecule has 1 aliphatic heterocycles. The summed E-state index contributed by atoms with van der Waals surface area (Å²) in [5.74, 6) is -0.215. The Kier molecular flexibility index (Phi) is 10.6. The lowest BCUT2D eigenvalue weighted by Gasteiger charge is -2.32. The maximum Gasteiger partial charge on any atom is 0.495 e. The van der Waals surface area contributed by atoms with Crippen LogP contribution in [0.4, 0.5) is 0 Å². The number of nitrogens with zero attached hydrogens (tertiary/aromatic N) is 2. The molecule has 232 valence electrons. The number of carboxylic acid groups (broad SMARTS) is 1. The van der Waals surface area contributed by atoms with E-state index in [2.05, 4.69) is 16.4 Å². The number of hydrogen-bond donors (Lipinski definition) is 3. The number of ether oxygens (including phenoxy) is 2. The van der Waals surface area contributed by atoms with Crippen molar-refractivity contribution in [2.24, 2.45) is 0 Å². The summed E-state index contributed by atoms with van der Waals surface area (Å²) < 4.78 is 24.9. The van der Waals surface area contributed by atoms with Crippen LogP contribution in [-0.2, 0) is 33.9 Å². The van der Waals surface area contributed by atoms with Crippen LogP contribution in [0.25, 0.3) is 0 Å². The molecule has 1 aliphatic rings. The zero-order valence-corrected chi connectivity index (χ0v) is 26.3. The first kappa shape index (κ1) is 33.2. The molecule has 44 heavy (non-hydrogen) atoms. The minimum atomic E-state index is -1.09. The van der Waals surface area contributed by atoms with Gasteiger partial charge in [-0.2, -0.15) is 5.26 Å². The van der Waals surface area contributed by atoms with Gasteiger partial charge in [0.05, 0.1) is 34.3 Å². The zero-order chi connectivity index (χ0) is 32.1. The van der Waals surface area contributed by atoms with Gasteiger partial charge in [0.1, 0.15) is 30.8 Å². The van der Waals surface area contributed by atoms with Crippen molar-refractivity contribution in [3.05, 3.63) is 81.6 Å². The van der Waals surface area contributed by atoms with E-state index in [0.717, 1.165) is 16.6 Å². The molecule has 0 saturated carbocycles. The SMILES string of the molecule is Cc1c(COc2cc(OCc3cncc(C#N)c3)c(CNC[C@@H](O)CC(=O)O)cc2Cl)cccc1B1OC(C)(C)C(C)(C)O1. The Morgan fingerprint density at radius 2 is 1.80 bits per heavy atom. The molecule has 4 rings (SSSR count). The second kappa shape index (κ2) is 14.0. The molecule has 0 bridgehead atoms. The lowest BCUT2D eigenvalue weighted by Crippen LogP contribution is -2.41. The Labute approximate surface area is 263 Å². The van der Waals surface area contributed by atoms with Crippen molar-refractivity contribution in [1.29, 1.82) is 5.26 Å².